The third kappa shape index (κ3) is 6.48. The fraction of sp³-hybridized carbons (Fsp3) is 0.143. The van der Waals surface area contributed by atoms with Gasteiger partial charge in [0.1, 0.15) is 18.2 Å². The number of primary amides is 1. The van der Waals surface area contributed by atoms with E-state index in [2.05, 4.69) is 0 Å². The second kappa shape index (κ2) is 10.7. The molecule has 10 heteroatoms. The predicted molar refractivity (Wildman–Crippen MR) is 112 cm³/mol. The van der Waals surface area contributed by atoms with Crippen molar-refractivity contribution in [1.82, 2.24) is 5.32 Å². The summed E-state index contributed by atoms with van der Waals surface area (Å²) in [5.74, 6) is -1.55. The molecule has 0 saturated heterocycles. The lowest BCUT2D eigenvalue weighted by Gasteiger charge is -2.15. The molecule has 0 aliphatic carbocycles. The largest absolute Gasteiger partial charge is 0.490 e. The van der Waals surface area contributed by atoms with Crippen LogP contribution in [-0.2, 0) is 11.4 Å². The van der Waals surface area contributed by atoms with Gasteiger partial charge in [-0.25, -0.2) is 9.59 Å². The smallest absolute Gasteiger partial charge is 0.335 e. The summed E-state index contributed by atoms with van der Waals surface area (Å²) in [5.41, 5.74) is 5.61. The van der Waals surface area contributed by atoms with Gasteiger partial charge >= 0.3 is 12.0 Å². The summed E-state index contributed by atoms with van der Waals surface area (Å²) in [6, 6.07) is 9.79. The lowest BCUT2D eigenvalue weighted by atomic mass is 10.1. The summed E-state index contributed by atoms with van der Waals surface area (Å²) in [7, 11) is 0. The van der Waals surface area contributed by atoms with Gasteiger partial charge in [-0.1, -0.05) is 23.7 Å². The first-order chi connectivity index (χ1) is 14.7. The Bertz CT molecular complexity index is 1090. The molecule has 9 nitrogen and oxygen atoms in total. The number of rotatable bonds is 8. The maximum atomic E-state index is 11.9. The van der Waals surface area contributed by atoms with E-state index in [4.69, 9.17) is 31.9 Å². The summed E-state index contributed by atoms with van der Waals surface area (Å²) in [6.45, 7) is 2.06. The van der Waals surface area contributed by atoms with Crippen LogP contribution in [0.15, 0.2) is 42.0 Å². The number of aromatic carboxylic acids is 1. The van der Waals surface area contributed by atoms with Gasteiger partial charge in [-0.3, -0.25) is 10.1 Å². The molecule has 0 radical (unpaired) electrons. The molecule has 0 saturated carbocycles. The van der Waals surface area contributed by atoms with Crippen LogP contribution in [-0.4, -0.2) is 29.6 Å². The number of nitrogens with zero attached hydrogens (tertiary/aromatic N) is 1. The Labute approximate surface area is 182 Å². The molecule has 0 aliphatic rings. The molecule has 4 N–H and O–H groups in total. The second-order valence-electron chi connectivity index (χ2n) is 6.05. The quantitative estimate of drug-likeness (QED) is 0.418. The van der Waals surface area contributed by atoms with Crippen LogP contribution in [0, 0.1) is 11.3 Å². The molecular formula is C21H18ClN3O6. The third-order valence-corrected chi connectivity index (χ3v) is 4.08. The fourth-order valence-electron chi connectivity index (χ4n) is 2.52. The van der Waals surface area contributed by atoms with Crippen molar-refractivity contribution in [2.75, 3.05) is 6.61 Å². The molecule has 31 heavy (non-hydrogen) atoms. The van der Waals surface area contributed by atoms with Crippen LogP contribution >= 0.6 is 11.6 Å². The molecule has 0 heterocycles. The predicted octanol–water partition coefficient (Wildman–Crippen LogP) is 3.12. The highest BCUT2D eigenvalue weighted by Gasteiger charge is 2.16. The van der Waals surface area contributed by atoms with Gasteiger partial charge in [-0.05, 0) is 48.4 Å². The van der Waals surface area contributed by atoms with Crippen molar-refractivity contribution in [3.05, 3.63) is 63.7 Å². The Morgan fingerprint density at radius 3 is 2.61 bits per heavy atom. The molecule has 2 aromatic carbocycles. The number of amides is 3. The van der Waals surface area contributed by atoms with Crippen LogP contribution in [0.5, 0.6) is 11.5 Å². The van der Waals surface area contributed by atoms with E-state index in [1.54, 1.807) is 25.1 Å². The minimum Gasteiger partial charge on any atom is -0.490 e. The van der Waals surface area contributed by atoms with Crippen molar-refractivity contribution < 1.29 is 29.0 Å². The first-order valence-electron chi connectivity index (χ1n) is 8.89. The van der Waals surface area contributed by atoms with Gasteiger partial charge in [0.2, 0.25) is 0 Å². The topological polar surface area (TPSA) is 152 Å². The normalized spacial score (nSPS) is 10.7. The highest BCUT2D eigenvalue weighted by atomic mass is 35.5. The highest BCUT2D eigenvalue weighted by Crippen LogP contribution is 2.38. The van der Waals surface area contributed by atoms with Crippen molar-refractivity contribution in [2.24, 2.45) is 5.73 Å². The van der Waals surface area contributed by atoms with Gasteiger partial charge < -0.3 is 20.3 Å². The van der Waals surface area contributed by atoms with Crippen molar-refractivity contribution in [2.45, 2.75) is 13.5 Å². The van der Waals surface area contributed by atoms with Crippen molar-refractivity contribution in [1.29, 1.82) is 5.26 Å². The number of hydrogen-bond donors (Lipinski definition) is 3. The number of urea groups is 1. The molecule has 0 aliphatic heterocycles. The Morgan fingerprint density at radius 2 is 2.00 bits per heavy atom. The second-order valence-corrected chi connectivity index (χ2v) is 6.45. The van der Waals surface area contributed by atoms with E-state index in [1.807, 2.05) is 5.32 Å². The van der Waals surface area contributed by atoms with Gasteiger partial charge in [0.05, 0.1) is 17.2 Å². The number of hydrogen-bond acceptors (Lipinski definition) is 6. The average molecular weight is 444 g/mol. The zero-order valence-electron chi connectivity index (χ0n) is 16.3. The number of nitrogens with two attached hydrogens (primary N) is 1. The minimum atomic E-state index is -1.09. The summed E-state index contributed by atoms with van der Waals surface area (Å²) in [6.07, 6.45) is 1.22. The van der Waals surface area contributed by atoms with Crippen LogP contribution in [0.4, 0.5) is 4.79 Å². The van der Waals surface area contributed by atoms with E-state index in [-0.39, 0.29) is 40.9 Å². The fourth-order valence-corrected chi connectivity index (χ4v) is 2.79. The Morgan fingerprint density at radius 1 is 1.26 bits per heavy atom. The van der Waals surface area contributed by atoms with E-state index in [0.717, 1.165) is 0 Å². The van der Waals surface area contributed by atoms with E-state index in [9.17, 15) is 19.6 Å². The number of carbonyl (C=O) groups is 3. The molecule has 0 unspecified atom stereocenters. The van der Waals surface area contributed by atoms with Crippen molar-refractivity contribution in [3.63, 3.8) is 0 Å². The van der Waals surface area contributed by atoms with Crippen LogP contribution in [0.3, 0.4) is 0 Å². The lowest BCUT2D eigenvalue weighted by molar-refractivity contribution is -0.115. The number of carboxylic acid groups (broad SMARTS) is 1. The zero-order chi connectivity index (χ0) is 23.0. The van der Waals surface area contributed by atoms with Crippen molar-refractivity contribution >= 4 is 35.6 Å². The molecule has 0 bridgehead atoms. The highest BCUT2D eigenvalue weighted by molar-refractivity contribution is 6.32. The number of ether oxygens (including phenoxy) is 2. The Kier molecular flexibility index (Phi) is 8.00. The van der Waals surface area contributed by atoms with E-state index >= 15 is 0 Å². The van der Waals surface area contributed by atoms with Crippen molar-refractivity contribution in [3.8, 4) is 17.6 Å². The number of halogens is 1. The van der Waals surface area contributed by atoms with Crippen LogP contribution < -0.4 is 20.5 Å². The number of nitriles is 1. The molecule has 0 fully saturated rings. The standard InChI is InChI=1S/C21H18ClN3O6/c1-2-30-17-9-13(7-15(10-23)19(26)25-21(24)29)8-16(22)18(17)31-11-12-4-3-5-14(6-12)20(27)28/h3-9H,2,11H2,1H3,(H,27,28)(H3,24,25,26,29)/b15-7-. The number of benzene rings is 2. The Hall–Kier alpha value is -4.03. The maximum absolute atomic E-state index is 11.9. The molecule has 0 spiro atoms. The van der Waals surface area contributed by atoms with Crippen LogP contribution in [0.1, 0.15) is 28.4 Å². The van der Waals surface area contributed by atoms with Crippen LogP contribution in [0.25, 0.3) is 6.08 Å². The molecule has 2 rings (SSSR count). The molecular weight excluding hydrogens is 426 g/mol. The first kappa shape index (κ1) is 23.3. The van der Waals surface area contributed by atoms with E-state index in [0.29, 0.717) is 11.1 Å². The molecule has 0 aromatic heterocycles. The minimum absolute atomic E-state index is 0.0283. The molecule has 3 amide bonds. The Balaban J connectivity index is 2.33. The summed E-state index contributed by atoms with van der Waals surface area (Å²) >= 11 is 6.32. The van der Waals surface area contributed by atoms with Gasteiger partial charge in [-0.2, -0.15) is 5.26 Å². The van der Waals surface area contributed by atoms with Gasteiger partial charge in [-0.15, -0.1) is 0 Å². The van der Waals surface area contributed by atoms with Gasteiger partial charge in [0, 0.05) is 0 Å². The molecule has 160 valence electrons. The number of carboxylic acids is 1. The van der Waals surface area contributed by atoms with E-state index in [1.165, 1.54) is 30.3 Å². The van der Waals surface area contributed by atoms with E-state index < -0.39 is 17.9 Å². The van der Waals surface area contributed by atoms with Gasteiger partial charge in [0.25, 0.3) is 5.91 Å². The third-order valence-electron chi connectivity index (χ3n) is 3.80. The SMILES string of the molecule is CCOc1cc(/C=C(/C#N)C(=O)NC(N)=O)cc(Cl)c1OCc1cccc(C(=O)O)c1. The molecule has 0 atom stereocenters. The zero-order valence-corrected chi connectivity index (χ0v) is 17.1. The summed E-state index contributed by atoms with van der Waals surface area (Å²) in [5, 5.41) is 20.2. The van der Waals surface area contributed by atoms with Crippen LogP contribution in [0.2, 0.25) is 5.02 Å². The number of carbonyl (C=O) groups excluding carboxylic acids is 2. The lowest BCUT2D eigenvalue weighted by Crippen LogP contribution is -2.35. The summed E-state index contributed by atoms with van der Waals surface area (Å²) < 4.78 is 11.3. The first-order valence-corrected chi connectivity index (χ1v) is 9.26. The summed E-state index contributed by atoms with van der Waals surface area (Å²) in [4.78, 5) is 33.8. The molecule has 2 aromatic rings. The van der Waals surface area contributed by atoms with Gasteiger partial charge in [0.15, 0.2) is 11.5 Å². The number of nitrogens with one attached hydrogen (secondary N) is 1. The average Bonchev–Trinajstić information content (AvgIpc) is 2.71. The maximum Gasteiger partial charge on any atom is 0.335 e. The number of imide groups is 1. The monoisotopic (exact) mass is 443 g/mol.